The summed E-state index contributed by atoms with van der Waals surface area (Å²) in [5.74, 6) is -1.31. The summed E-state index contributed by atoms with van der Waals surface area (Å²) in [6.07, 6.45) is 0. The molecule has 0 aliphatic carbocycles. The molecule has 0 heterocycles. The van der Waals surface area contributed by atoms with E-state index in [0.29, 0.717) is 0 Å². The van der Waals surface area contributed by atoms with Crippen molar-refractivity contribution in [3.8, 4) is 5.75 Å². The van der Waals surface area contributed by atoms with Crippen molar-refractivity contribution in [2.75, 3.05) is 0 Å². The zero-order valence-electron chi connectivity index (χ0n) is 6.82. The first kappa shape index (κ1) is 13.7. The van der Waals surface area contributed by atoms with E-state index in [4.69, 9.17) is 10.2 Å². The standard InChI is InChI=1S/C7H6O3.CH3.Zn/c8-6-4-2-1-3-5(6)7(9)10;;/h1-4,8H,(H,9,10);1H3;/q;-1;. The molecule has 2 N–H and O–H groups in total. The molecule has 0 unspecified atom stereocenters. The SMILES string of the molecule is O=C(O)c1ccccc1O.[CH3-].[Zn]. The number of hydrogen-bond donors (Lipinski definition) is 2. The third kappa shape index (κ3) is 3.01. The second-order valence-electron chi connectivity index (χ2n) is 1.82. The molecule has 0 saturated carbocycles. The fraction of sp³-hybridized carbons (Fsp3) is 0. The van der Waals surface area contributed by atoms with Crippen molar-refractivity contribution >= 4 is 5.97 Å². The molecule has 0 atom stereocenters. The number of rotatable bonds is 1. The van der Waals surface area contributed by atoms with Crippen molar-refractivity contribution in [1.29, 1.82) is 0 Å². The largest absolute Gasteiger partial charge is 0.507 e. The van der Waals surface area contributed by atoms with E-state index in [1.165, 1.54) is 12.1 Å². The Kier molecular flexibility index (Phi) is 6.53. The maximum absolute atomic E-state index is 10.3. The van der Waals surface area contributed by atoms with Gasteiger partial charge < -0.3 is 17.6 Å². The van der Waals surface area contributed by atoms with Crippen molar-refractivity contribution in [2.45, 2.75) is 0 Å². The van der Waals surface area contributed by atoms with Crippen LogP contribution in [0.25, 0.3) is 0 Å². The second-order valence-corrected chi connectivity index (χ2v) is 1.82. The van der Waals surface area contributed by atoms with Crippen LogP contribution in [0.5, 0.6) is 5.75 Å². The molecule has 0 amide bonds. The van der Waals surface area contributed by atoms with E-state index in [1.807, 2.05) is 0 Å². The van der Waals surface area contributed by atoms with Crippen LogP contribution in [0.1, 0.15) is 10.4 Å². The van der Waals surface area contributed by atoms with Gasteiger partial charge in [0.05, 0.1) is 0 Å². The summed E-state index contributed by atoms with van der Waals surface area (Å²) in [4.78, 5) is 10.3. The minimum absolute atomic E-state index is 0. The van der Waals surface area contributed by atoms with Crippen LogP contribution in [0.4, 0.5) is 0 Å². The van der Waals surface area contributed by atoms with Gasteiger partial charge in [-0.1, -0.05) is 12.1 Å². The number of aromatic hydroxyl groups is 1. The summed E-state index contributed by atoms with van der Waals surface area (Å²) < 4.78 is 0. The van der Waals surface area contributed by atoms with Crippen molar-refractivity contribution in [2.24, 2.45) is 0 Å². The predicted octanol–water partition coefficient (Wildman–Crippen LogP) is 1.54. The van der Waals surface area contributed by atoms with Crippen molar-refractivity contribution in [3.63, 3.8) is 0 Å². The van der Waals surface area contributed by atoms with Crippen LogP contribution in [0, 0.1) is 7.43 Å². The quantitative estimate of drug-likeness (QED) is 0.555. The summed E-state index contributed by atoms with van der Waals surface area (Å²) in [5.41, 5.74) is -0.0671. The summed E-state index contributed by atoms with van der Waals surface area (Å²) in [5, 5.41) is 17.3. The molecule has 0 radical (unpaired) electrons. The summed E-state index contributed by atoms with van der Waals surface area (Å²) in [6.45, 7) is 0. The molecule has 12 heavy (non-hydrogen) atoms. The van der Waals surface area contributed by atoms with Gasteiger partial charge >= 0.3 is 5.97 Å². The summed E-state index contributed by atoms with van der Waals surface area (Å²) >= 11 is 0. The Morgan fingerprint density at radius 3 is 2.08 bits per heavy atom. The van der Waals surface area contributed by atoms with Crippen molar-refractivity contribution < 1.29 is 34.5 Å². The van der Waals surface area contributed by atoms with Crippen molar-refractivity contribution in [1.82, 2.24) is 0 Å². The number of phenols is 1. The molecule has 4 heteroatoms. The Bertz CT molecular complexity index is 260. The first-order valence-corrected chi connectivity index (χ1v) is 2.73. The third-order valence-electron chi connectivity index (χ3n) is 1.13. The first-order valence-electron chi connectivity index (χ1n) is 2.73. The molecule has 0 aliphatic heterocycles. The molecule has 0 spiro atoms. The normalized spacial score (nSPS) is 7.67. The van der Waals surface area contributed by atoms with Gasteiger partial charge in [-0.25, -0.2) is 4.79 Å². The Morgan fingerprint density at radius 1 is 1.25 bits per heavy atom. The minimum Gasteiger partial charge on any atom is -0.507 e. The fourth-order valence-electron chi connectivity index (χ4n) is 0.654. The molecular formula is C8H9O3Zn-. The van der Waals surface area contributed by atoms with Crippen LogP contribution in [0.3, 0.4) is 0 Å². The molecule has 3 nitrogen and oxygen atoms in total. The maximum atomic E-state index is 10.3. The van der Waals surface area contributed by atoms with Crippen molar-refractivity contribution in [3.05, 3.63) is 37.3 Å². The van der Waals surface area contributed by atoms with E-state index >= 15 is 0 Å². The molecule has 0 aromatic heterocycles. The van der Waals surface area contributed by atoms with Gasteiger partial charge in [0, 0.05) is 19.5 Å². The number of carbonyl (C=O) groups is 1. The van der Waals surface area contributed by atoms with Gasteiger partial charge in [-0.3, -0.25) is 0 Å². The van der Waals surface area contributed by atoms with E-state index in [-0.39, 0.29) is 38.2 Å². The topological polar surface area (TPSA) is 57.5 Å². The zero-order chi connectivity index (χ0) is 7.56. The van der Waals surface area contributed by atoms with E-state index in [9.17, 15) is 4.79 Å². The van der Waals surface area contributed by atoms with Gasteiger partial charge in [0.1, 0.15) is 11.3 Å². The Labute approximate surface area is 83.8 Å². The number of hydrogen-bond acceptors (Lipinski definition) is 2. The number of aromatic carboxylic acids is 1. The van der Waals surface area contributed by atoms with Gasteiger partial charge in [0.25, 0.3) is 0 Å². The van der Waals surface area contributed by atoms with Crippen LogP contribution >= 0.6 is 0 Å². The summed E-state index contributed by atoms with van der Waals surface area (Å²) in [7, 11) is 0. The van der Waals surface area contributed by atoms with Gasteiger partial charge in [0.15, 0.2) is 0 Å². The first-order chi connectivity index (χ1) is 4.72. The molecule has 0 bridgehead atoms. The average molecular weight is 219 g/mol. The van der Waals surface area contributed by atoms with E-state index in [0.717, 1.165) is 0 Å². The minimum atomic E-state index is -1.11. The zero-order valence-corrected chi connectivity index (χ0v) is 9.79. The molecule has 0 saturated heterocycles. The smallest absolute Gasteiger partial charge is 0.339 e. The fourth-order valence-corrected chi connectivity index (χ4v) is 0.654. The predicted molar refractivity (Wildman–Crippen MR) is 41.5 cm³/mol. The van der Waals surface area contributed by atoms with E-state index < -0.39 is 5.97 Å². The van der Waals surface area contributed by atoms with Crippen LogP contribution in [-0.4, -0.2) is 16.2 Å². The number of carboxylic acid groups (broad SMARTS) is 1. The molecule has 62 valence electrons. The van der Waals surface area contributed by atoms with Crippen LogP contribution in [-0.2, 0) is 19.5 Å². The Balaban J connectivity index is 0. The monoisotopic (exact) mass is 217 g/mol. The number of para-hydroxylation sites is 1. The van der Waals surface area contributed by atoms with Crippen LogP contribution in [0.2, 0.25) is 0 Å². The van der Waals surface area contributed by atoms with Gasteiger partial charge in [-0.05, 0) is 12.1 Å². The average Bonchev–Trinajstić information content (AvgIpc) is 1.88. The van der Waals surface area contributed by atoms with Crippen LogP contribution < -0.4 is 0 Å². The molecular weight excluding hydrogens is 209 g/mol. The third-order valence-corrected chi connectivity index (χ3v) is 1.13. The second kappa shape index (κ2) is 5.72. The van der Waals surface area contributed by atoms with Gasteiger partial charge in [-0.15, -0.1) is 0 Å². The molecule has 0 fully saturated rings. The molecule has 1 aromatic carbocycles. The van der Waals surface area contributed by atoms with Gasteiger partial charge in [0.2, 0.25) is 0 Å². The molecule has 1 rings (SSSR count). The number of benzene rings is 1. The maximum Gasteiger partial charge on any atom is 0.339 e. The van der Waals surface area contributed by atoms with Crippen LogP contribution in [0.15, 0.2) is 24.3 Å². The summed E-state index contributed by atoms with van der Waals surface area (Å²) in [6, 6.07) is 5.81. The molecule has 0 aliphatic rings. The Morgan fingerprint density at radius 2 is 1.75 bits per heavy atom. The molecule has 1 aromatic rings. The van der Waals surface area contributed by atoms with E-state index in [2.05, 4.69) is 0 Å². The Hall–Kier alpha value is -0.887. The van der Waals surface area contributed by atoms with Gasteiger partial charge in [-0.2, -0.15) is 0 Å². The number of carboxylic acids is 1. The van der Waals surface area contributed by atoms with E-state index in [1.54, 1.807) is 12.1 Å².